The van der Waals surface area contributed by atoms with Gasteiger partial charge in [0.15, 0.2) is 0 Å². The maximum Gasteiger partial charge on any atom is 0.292 e. The third-order valence-corrected chi connectivity index (χ3v) is 3.63. The molecule has 1 aromatic heterocycles. The molecule has 19 heavy (non-hydrogen) atoms. The van der Waals surface area contributed by atoms with Gasteiger partial charge in [0.1, 0.15) is 11.5 Å². The first kappa shape index (κ1) is 13.4. The van der Waals surface area contributed by atoms with Gasteiger partial charge in [-0.3, -0.25) is 10.1 Å². The van der Waals surface area contributed by atoms with Crippen LogP contribution >= 0.6 is 11.3 Å². The molecule has 0 amide bonds. The van der Waals surface area contributed by atoms with E-state index in [1.165, 1.54) is 11.3 Å². The van der Waals surface area contributed by atoms with Crippen LogP contribution in [0.15, 0.2) is 29.8 Å². The number of hydrogen-bond acceptors (Lipinski definition) is 5. The van der Waals surface area contributed by atoms with E-state index < -0.39 is 10.7 Å². The van der Waals surface area contributed by atoms with Crippen molar-refractivity contribution in [3.63, 3.8) is 0 Å². The first-order valence-corrected chi connectivity index (χ1v) is 6.53. The predicted molar refractivity (Wildman–Crippen MR) is 72.1 cm³/mol. The van der Waals surface area contributed by atoms with Crippen molar-refractivity contribution in [3.05, 3.63) is 50.7 Å². The summed E-state index contributed by atoms with van der Waals surface area (Å²) in [6.45, 7) is 2.41. The monoisotopic (exact) mass is 281 g/mol. The molecule has 100 valence electrons. The number of nitrogens with one attached hydrogen (secondary N) is 1. The Balaban J connectivity index is 2.10. The van der Waals surface area contributed by atoms with Crippen molar-refractivity contribution in [2.75, 3.05) is 11.9 Å². The lowest BCUT2D eigenvalue weighted by atomic mass is 10.2. The van der Waals surface area contributed by atoms with E-state index in [9.17, 15) is 14.5 Å². The fourth-order valence-corrected chi connectivity index (χ4v) is 2.34. The summed E-state index contributed by atoms with van der Waals surface area (Å²) in [5, 5.41) is 16.6. The van der Waals surface area contributed by atoms with Crippen molar-refractivity contribution in [1.82, 2.24) is 4.98 Å². The molecule has 5 nitrogen and oxygen atoms in total. The van der Waals surface area contributed by atoms with E-state index >= 15 is 0 Å². The maximum absolute atomic E-state index is 13.1. The minimum absolute atomic E-state index is 0.0999. The first-order valence-electron chi connectivity index (χ1n) is 5.65. The summed E-state index contributed by atoms with van der Waals surface area (Å²) in [4.78, 5) is 14.5. The number of benzene rings is 1. The van der Waals surface area contributed by atoms with E-state index in [-0.39, 0.29) is 17.3 Å². The molecule has 0 radical (unpaired) electrons. The average molecular weight is 281 g/mol. The topological polar surface area (TPSA) is 68.1 Å². The van der Waals surface area contributed by atoms with Crippen LogP contribution in [0, 0.1) is 15.9 Å². The van der Waals surface area contributed by atoms with Gasteiger partial charge in [-0.05, 0) is 6.07 Å². The van der Waals surface area contributed by atoms with Crippen LogP contribution in [0.1, 0.15) is 17.8 Å². The maximum atomic E-state index is 13.1. The molecule has 1 unspecified atom stereocenters. The fourth-order valence-electron chi connectivity index (χ4n) is 1.64. The van der Waals surface area contributed by atoms with Gasteiger partial charge in [0.25, 0.3) is 5.69 Å². The number of halogens is 1. The Hall–Kier alpha value is -2.02. The smallest absolute Gasteiger partial charge is 0.292 e. The molecule has 7 heteroatoms. The second kappa shape index (κ2) is 5.75. The summed E-state index contributed by atoms with van der Waals surface area (Å²) < 4.78 is 13.1. The number of nitro groups is 1. The van der Waals surface area contributed by atoms with Crippen molar-refractivity contribution in [3.8, 4) is 0 Å². The molecular weight excluding hydrogens is 269 g/mol. The van der Waals surface area contributed by atoms with E-state index in [0.29, 0.717) is 6.54 Å². The van der Waals surface area contributed by atoms with Gasteiger partial charge in [-0.1, -0.05) is 6.92 Å². The molecule has 0 saturated heterocycles. The molecule has 1 aromatic carbocycles. The quantitative estimate of drug-likeness (QED) is 0.673. The summed E-state index contributed by atoms with van der Waals surface area (Å²) >= 11 is 1.52. The zero-order valence-electron chi connectivity index (χ0n) is 10.2. The van der Waals surface area contributed by atoms with Crippen LogP contribution < -0.4 is 5.32 Å². The van der Waals surface area contributed by atoms with Crippen LogP contribution in [0.4, 0.5) is 15.8 Å². The van der Waals surface area contributed by atoms with Gasteiger partial charge in [0.2, 0.25) is 0 Å². The number of rotatable bonds is 5. The van der Waals surface area contributed by atoms with Crippen molar-refractivity contribution in [2.45, 2.75) is 12.8 Å². The largest absolute Gasteiger partial charge is 0.379 e. The number of hydrogen-bond donors (Lipinski definition) is 1. The molecule has 0 aliphatic heterocycles. The summed E-state index contributed by atoms with van der Waals surface area (Å²) in [6.07, 6.45) is 1.71. The van der Waals surface area contributed by atoms with E-state index in [0.717, 1.165) is 23.2 Å². The van der Waals surface area contributed by atoms with Crippen molar-refractivity contribution in [1.29, 1.82) is 0 Å². The number of anilines is 1. The van der Waals surface area contributed by atoms with Crippen LogP contribution in [0.2, 0.25) is 0 Å². The number of aromatic nitrogens is 1. The molecule has 1 atom stereocenters. The van der Waals surface area contributed by atoms with E-state index in [2.05, 4.69) is 10.3 Å². The number of nitro benzene ring substituents is 1. The Bertz CT molecular complexity index is 574. The minimum Gasteiger partial charge on any atom is -0.379 e. The summed E-state index contributed by atoms with van der Waals surface area (Å²) in [6, 6.07) is 3.37. The van der Waals surface area contributed by atoms with Gasteiger partial charge < -0.3 is 5.32 Å². The Morgan fingerprint density at radius 1 is 1.58 bits per heavy atom. The lowest BCUT2D eigenvalue weighted by Gasteiger charge is -2.11. The molecule has 0 spiro atoms. The van der Waals surface area contributed by atoms with Crippen LogP contribution in [-0.4, -0.2) is 16.5 Å². The standard InChI is InChI=1S/C12H12FN3O2S/c1-8(12-14-4-5-19-12)7-15-10-6-9(13)2-3-11(10)16(17)18/h2-6,8,15H,7H2,1H3. The van der Waals surface area contributed by atoms with Gasteiger partial charge >= 0.3 is 0 Å². The lowest BCUT2D eigenvalue weighted by molar-refractivity contribution is -0.384. The second-order valence-electron chi connectivity index (χ2n) is 4.07. The van der Waals surface area contributed by atoms with E-state index in [4.69, 9.17) is 0 Å². The zero-order chi connectivity index (χ0) is 13.8. The Kier molecular flexibility index (Phi) is 4.06. The predicted octanol–water partition coefficient (Wildman–Crippen LogP) is 3.41. The highest BCUT2D eigenvalue weighted by Crippen LogP contribution is 2.26. The molecule has 0 bridgehead atoms. The van der Waals surface area contributed by atoms with Gasteiger partial charge in [0.05, 0.1) is 9.93 Å². The summed E-state index contributed by atoms with van der Waals surface area (Å²) in [7, 11) is 0. The van der Waals surface area contributed by atoms with Crippen LogP contribution in [0.25, 0.3) is 0 Å². The van der Waals surface area contributed by atoms with Crippen LogP contribution in [-0.2, 0) is 0 Å². The molecule has 1 N–H and O–H groups in total. The highest BCUT2D eigenvalue weighted by Gasteiger charge is 2.16. The first-order chi connectivity index (χ1) is 9.08. The van der Waals surface area contributed by atoms with Crippen molar-refractivity contribution in [2.24, 2.45) is 0 Å². The van der Waals surface area contributed by atoms with Gasteiger partial charge in [0, 0.05) is 36.2 Å². The Labute approximate surface area is 113 Å². The molecular formula is C12H12FN3O2S. The second-order valence-corrected chi connectivity index (χ2v) is 5.00. The SMILES string of the molecule is CC(CNc1cc(F)ccc1[N+](=O)[O-])c1nccs1. The fraction of sp³-hybridized carbons (Fsp3) is 0.250. The minimum atomic E-state index is -0.532. The lowest BCUT2D eigenvalue weighted by Crippen LogP contribution is -2.11. The Morgan fingerprint density at radius 3 is 3.00 bits per heavy atom. The highest BCUT2D eigenvalue weighted by molar-refractivity contribution is 7.09. The summed E-state index contributed by atoms with van der Waals surface area (Å²) in [5.74, 6) is -0.405. The van der Waals surface area contributed by atoms with Gasteiger partial charge in [-0.25, -0.2) is 9.37 Å². The van der Waals surface area contributed by atoms with Gasteiger partial charge in [-0.15, -0.1) is 11.3 Å². The third-order valence-electron chi connectivity index (χ3n) is 2.63. The van der Waals surface area contributed by atoms with Crippen molar-refractivity contribution >= 4 is 22.7 Å². The van der Waals surface area contributed by atoms with Crippen LogP contribution in [0.5, 0.6) is 0 Å². The molecule has 2 aromatic rings. The molecule has 1 heterocycles. The molecule has 2 rings (SSSR count). The van der Waals surface area contributed by atoms with Gasteiger partial charge in [-0.2, -0.15) is 0 Å². The van der Waals surface area contributed by atoms with Crippen molar-refractivity contribution < 1.29 is 9.31 Å². The van der Waals surface area contributed by atoms with E-state index in [1.807, 2.05) is 12.3 Å². The molecule has 0 saturated carbocycles. The molecule has 0 aliphatic rings. The number of nitrogens with zero attached hydrogens (tertiary/aromatic N) is 2. The zero-order valence-corrected chi connectivity index (χ0v) is 11.0. The van der Waals surface area contributed by atoms with E-state index in [1.54, 1.807) is 6.20 Å². The normalized spacial score (nSPS) is 12.1. The number of thiazole rings is 1. The Morgan fingerprint density at radius 2 is 2.37 bits per heavy atom. The highest BCUT2D eigenvalue weighted by atomic mass is 32.1. The molecule has 0 aliphatic carbocycles. The third kappa shape index (κ3) is 3.25. The molecule has 0 fully saturated rings. The average Bonchev–Trinajstić information content (AvgIpc) is 2.89. The van der Waals surface area contributed by atoms with Crippen LogP contribution in [0.3, 0.4) is 0 Å². The summed E-state index contributed by atoms with van der Waals surface area (Å²) in [5.41, 5.74) is 0.0566.